The largest absolute Gasteiger partial charge is 0.457 e. The topological polar surface area (TPSA) is 137 Å². The Hall–Kier alpha value is -5.41. The van der Waals surface area contributed by atoms with Gasteiger partial charge in [0.2, 0.25) is 0 Å². The second-order valence-electron chi connectivity index (χ2n) is 11.7. The third kappa shape index (κ3) is 7.84. The lowest BCUT2D eigenvalue weighted by atomic mass is 10.1. The van der Waals surface area contributed by atoms with Gasteiger partial charge in [-0.3, -0.25) is 14.3 Å². The maximum atomic E-state index is 13.7. The number of nitrogens with one attached hydrogen (secondary N) is 2. The first kappa shape index (κ1) is 33.5. The molecule has 256 valence electrons. The minimum Gasteiger partial charge on any atom is -0.457 e. The van der Waals surface area contributed by atoms with Crippen molar-refractivity contribution in [1.29, 1.82) is 0 Å². The highest BCUT2D eigenvalue weighted by Gasteiger charge is 2.23. The molecule has 2 aromatic carbocycles. The summed E-state index contributed by atoms with van der Waals surface area (Å²) >= 11 is 0. The number of hydrogen-bond donors (Lipinski definition) is 2. The number of ether oxygens (including phenoxy) is 3. The Morgan fingerprint density at radius 1 is 1.14 bits per heavy atom. The fourth-order valence-electron chi connectivity index (χ4n) is 5.52. The molecule has 1 atom stereocenters. The van der Waals surface area contributed by atoms with Gasteiger partial charge in [0.1, 0.15) is 28.5 Å². The Labute approximate surface area is 280 Å². The molecule has 13 nitrogen and oxygen atoms in total. The van der Waals surface area contributed by atoms with Crippen molar-refractivity contribution in [2.45, 2.75) is 39.0 Å². The summed E-state index contributed by atoms with van der Waals surface area (Å²) in [6.45, 7) is 1.01. The Kier molecular flexibility index (Phi) is 10.1. The number of aryl methyl sites for hydroxylation is 1. The molecule has 1 fully saturated rings. The van der Waals surface area contributed by atoms with Crippen molar-refractivity contribution in [3.8, 4) is 28.5 Å². The van der Waals surface area contributed by atoms with Crippen LogP contribution < -0.4 is 20.1 Å². The van der Waals surface area contributed by atoms with Gasteiger partial charge in [0.25, 0.3) is 11.8 Å². The van der Waals surface area contributed by atoms with E-state index < -0.39 is 12.5 Å². The van der Waals surface area contributed by atoms with Crippen molar-refractivity contribution in [3.05, 3.63) is 83.9 Å². The second kappa shape index (κ2) is 14.8. The molecule has 0 aliphatic carbocycles. The molecule has 0 spiro atoms. The maximum Gasteiger partial charge on any atom is 0.387 e. The van der Waals surface area contributed by atoms with Gasteiger partial charge in [-0.2, -0.15) is 19.0 Å². The van der Waals surface area contributed by atoms with E-state index in [0.29, 0.717) is 36.7 Å². The number of nitrogens with zero attached hydrogens (tertiary/aromatic N) is 6. The van der Waals surface area contributed by atoms with Crippen LogP contribution in [0.25, 0.3) is 16.9 Å². The average molecular weight is 675 g/mol. The van der Waals surface area contributed by atoms with Crippen molar-refractivity contribution in [3.63, 3.8) is 0 Å². The molecule has 4 heterocycles. The average Bonchev–Trinajstić information content (AvgIpc) is 3.70. The predicted octanol–water partition coefficient (Wildman–Crippen LogP) is 5.02. The first-order valence-electron chi connectivity index (χ1n) is 15.7. The Bertz CT molecular complexity index is 1950. The molecule has 0 bridgehead atoms. The normalized spacial score (nSPS) is 14.6. The molecular formula is C34H36F2N8O5. The molecule has 49 heavy (non-hydrogen) atoms. The number of alkyl halides is 2. The number of halogens is 2. The van der Waals surface area contributed by atoms with Gasteiger partial charge in [0.05, 0.1) is 30.6 Å². The zero-order chi connectivity index (χ0) is 34.5. The monoisotopic (exact) mass is 674 g/mol. The smallest absolute Gasteiger partial charge is 0.387 e. The molecule has 2 N–H and O–H groups in total. The van der Waals surface area contributed by atoms with Crippen LogP contribution in [0.2, 0.25) is 0 Å². The van der Waals surface area contributed by atoms with Crippen molar-refractivity contribution in [2.75, 3.05) is 39.2 Å². The van der Waals surface area contributed by atoms with E-state index in [1.165, 1.54) is 33.8 Å². The summed E-state index contributed by atoms with van der Waals surface area (Å²) in [5.74, 6) is -0.260. The predicted molar refractivity (Wildman–Crippen MR) is 176 cm³/mol. The zero-order valence-electron chi connectivity index (χ0n) is 27.2. The second-order valence-corrected chi connectivity index (χ2v) is 11.7. The molecule has 1 unspecified atom stereocenters. The van der Waals surface area contributed by atoms with Gasteiger partial charge in [-0.1, -0.05) is 6.07 Å². The van der Waals surface area contributed by atoms with Gasteiger partial charge in [0, 0.05) is 57.4 Å². The number of hydrogen-bond acceptors (Lipinski definition) is 9. The highest BCUT2D eigenvalue weighted by Crippen LogP contribution is 2.39. The molecule has 1 aliphatic heterocycles. The molecule has 3 aromatic heterocycles. The van der Waals surface area contributed by atoms with E-state index in [1.807, 2.05) is 6.92 Å². The van der Waals surface area contributed by atoms with E-state index in [-0.39, 0.29) is 46.0 Å². The van der Waals surface area contributed by atoms with Crippen molar-refractivity contribution >= 4 is 23.1 Å². The van der Waals surface area contributed by atoms with Crippen LogP contribution in [0.1, 0.15) is 39.1 Å². The lowest BCUT2D eigenvalue weighted by Crippen LogP contribution is -2.38. The van der Waals surface area contributed by atoms with Gasteiger partial charge in [-0.25, -0.2) is 9.50 Å². The van der Waals surface area contributed by atoms with E-state index in [4.69, 9.17) is 19.3 Å². The number of aromatic nitrogens is 5. The third-order valence-corrected chi connectivity index (χ3v) is 7.97. The van der Waals surface area contributed by atoms with E-state index in [2.05, 4.69) is 20.7 Å². The SMILES string of the molecule is Cc1ccc(Oc2ccc(OC(F)F)c(-c3nn(CCNC4CCCOC4)cc3NC(=O)c3cnn4cccnc34)c2)cc1C(=O)N(C)C. The molecular weight excluding hydrogens is 638 g/mol. The first-order valence-corrected chi connectivity index (χ1v) is 15.7. The summed E-state index contributed by atoms with van der Waals surface area (Å²) in [5.41, 5.74) is 2.34. The van der Waals surface area contributed by atoms with Crippen LogP contribution in [0.5, 0.6) is 17.2 Å². The van der Waals surface area contributed by atoms with Gasteiger partial charge in [0.15, 0.2) is 5.65 Å². The molecule has 6 rings (SSSR count). The van der Waals surface area contributed by atoms with Crippen molar-refractivity contribution in [1.82, 2.24) is 34.6 Å². The lowest BCUT2D eigenvalue weighted by Gasteiger charge is -2.23. The van der Waals surface area contributed by atoms with E-state index >= 15 is 0 Å². The van der Waals surface area contributed by atoms with Crippen LogP contribution >= 0.6 is 0 Å². The standard InChI is InChI=1S/C34H36F2N8O5/c1-21-7-8-23(16-25(21)33(46)42(2)3)48-24-9-10-29(49-34(35)36)26(17-24)30-28(19-43(41-30)14-12-37-22-6-4-15-47-20-22)40-32(45)27-18-39-44-13-5-11-38-31(27)44/h5,7-11,13,16-19,22,34,37H,4,6,12,14-15,20H2,1-3H3,(H,40,45). The number of carbonyl (C=O) groups excluding carboxylic acids is 2. The third-order valence-electron chi connectivity index (χ3n) is 7.97. The maximum absolute atomic E-state index is 13.7. The van der Waals surface area contributed by atoms with Crippen molar-refractivity contribution < 1.29 is 32.6 Å². The summed E-state index contributed by atoms with van der Waals surface area (Å²) in [6.07, 6.45) is 8.21. The van der Waals surface area contributed by atoms with E-state index in [1.54, 1.807) is 61.6 Å². The van der Waals surface area contributed by atoms with Crippen LogP contribution in [0, 0.1) is 6.92 Å². The number of anilines is 1. The molecule has 0 saturated carbocycles. The summed E-state index contributed by atoms with van der Waals surface area (Å²) in [4.78, 5) is 32.0. The minimum absolute atomic E-state index is 0.148. The van der Waals surface area contributed by atoms with Gasteiger partial charge in [-0.15, -0.1) is 0 Å². The van der Waals surface area contributed by atoms with Crippen LogP contribution in [0.4, 0.5) is 14.5 Å². The van der Waals surface area contributed by atoms with E-state index in [0.717, 1.165) is 25.0 Å². The first-order chi connectivity index (χ1) is 23.7. The Balaban J connectivity index is 1.35. The highest BCUT2D eigenvalue weighted by molar-refractivity contribution is 6.09. The Morgan fingerprint density at radius 3 is 2.73 bits per heavy atom. The lowest BCUT2D eigenvalue weighted by molar-refractivity contribution is -0.0495. The summed E-state index contributed by atoms with van der Waals surface area (Å²) in [7, 11) is 3.32. The minimum atomic E-state index is -3.13. The molecule has 0 radical (unpaired) electrons. The zero-order valence-corrected chi connectivity index (χ0v) is 27.2. The molecule has 1 saturated heterocycles. The molecule has 2 amide bonds. The molecule has 1 aliphatic rings. The van der Waals surface area contributed by atoms with Crippen LogP contribution in [-0.2, 0) is 11.3 Å². The summed E-state index contributed by atoms with van der Waals surface area (Å²) in [6, 6.07) is 11.3. The van der Waals surface area contributed by atoms with Crippen molar-refractivity contribution in [2.24, 2.45) is 0 Å². The number of rotatable bonds is 12. The van der Waals surface area contributed by atoms with Crippen LogP contribution in [-0.4, -0.2) is 87.6 Å². The highest BCUT2D eigenvalue weighted by atomic mass is 19.3. The van der Waals surface area contributed by atoms with Gasteiger partial charge >= 0.3 is 6.61 Å². The molecule has 15 heteroatoms. The number of carbonyl (C=O) groups is 2. The van der Waals surface area contributed by atoms with Crippen LogP contribution in [0.15, 0.2) is 67.3 Å². The van der Waals surface area contributed by atoms with Crippen LogP contribution in [0.3, 0.4) is 0 Å². The number of amides is 2. The van der Waals surface area contributed by atoms with E-state index in [9.17, 15) is 18.4 Å². The van der Waals surface area contributed by atoms with Gasteiger partial charge < -0.3 is 29.7 Å². The number of fused-ring (bicyclic) bond motifs is 1. The van der Waals surface area contributed by atoms with Gasteiger partial charge in [-0.05, 0) is 61.7 Å². The fourth-order valence-corrected chi connectivity index (χ4v) is 5.52. The Morgan fingerprint density at radius 2 is 1.96 bits per heavy atom. The number of benzene rings is 2. The summed E-state index contributed by atoms with van der Waals surface area (Å²) < 4.78 is 47.0. The molecule has 5 aromatic rings. The quantitative estimate of drug-likeness (QED) is 0.187. The fraction of sp³-hybridized carbons (Fsp3) is 0.324. The summed E-state index contributed by atoms with van der Waals surface area (Å²) in [5, 5.41) is 15.2.